The van der Waals surface area contributed by atoms with Gasteiger partial charge in [0.25, 0.3) is 0 Å². The standard InChI is InChI=1S/C14H20N4O3/c1-18-6-4-10(5-7-18)8-16-14(21)17-11-2-3-12(13(19)20)15-9-11/h2-3,9-10H,4-8H2,1H3,(H,19,20)(H2,16,17,21). The Kier molecular flexibility index (Phi) is 5.10. The van der Waals surface area contributed by atoms with Gasteiger partial charge in [0.15, 0.2) is 0 Å². The van der Waals surface area contributed by atoms with Crippen molar-refractivity contribution >= 4 is 17.7 Å². The molecule has 1 aliphatic rings. The van der Waals surface area contributed by atoms with Crippen LogP contribution in [0.3, 0.4) is 0 Å². The van der Waals surface area contributed by atoms with Gasteiger partial charge >= 0.3 is 12.0 Å². The van der Waals surface area contributed by atoms with Gasteiger partial charge in [-0.3, -0.25) is 0 Å². The minimum absolute atomic E-state index is 0.0488. The quantitative estimate of drug-likeness (QED) is 0.776. The minimum atomic E-state index is -1.09. The molecule has 0 spiro atoms. The molecule has 0 radical (unpaired) electrons. The van der Waals surface area contributed by atoms with Crippen molar-refractivity contribution < 1.29 is 14.7 Å². The number of amides is 2. The first kappa shape index (κ1) is 15.2. The average Bonchev–Trinajstić information content (AvgIpc) is 2.47. The Labute approximate surface area is 123 Å². The lowest BCUT2D eigenvalue weighted by atomic mass is 9.97. The van der Waals surface area contributed by atoms with Gasteiger partial charge in [-0.15, -0.1) is 0 Å². The van der Waals surface area contributed by atoms with Crippen LogP contribution in [-0.4, -0.2) is 53.7 Å². The van der Waals surface area contributed by atoms with Crippen LogP contribution in [0.1, 0.15) is 23.3 Å². The number of rotatable bonds is 4. The van der Waals surface area contributed by atoms with Crippen molar-refractivity contribution in [3.05, 3.63) is 24.0 Å². The molecule has 1 aliphatic heterocycles. The Bertz CT molecular complexity index is 495. The van der Waals surface area contributed by atoms with Crippen molar-refractivity contribution in [3.8, 4) is 0 Å². The van der Waals surface area contributed by atoms with Crippen LogP contribution in [-0.2, 0) is 0 Å². The van der Waals surface area contributed by atoms with E-state index in [0.717, 1.165) is 25.9 Å². The molecule has 0 atom stereocenters. The first-order chi connectivity index (χ1) is 10.0. The highest BCUT2D eigenvalue weighted by Gasteiger charge is 2.17. The van der Waals surface area contributed by atoms with Gasteiger partial charge in [0, 0.05) is 6.54 Å². The molecule has 3 N–H and O–H groups in total. The van der Waals surface area contributed by atoms with Crippen molar-refractivity contribution in [3.63, 3.8) is 0 Å². The summed E-state index contributed by atoms with van der Waals surface area (Å²) < 4.78 is 0. The maximum Gasteiger partial charge on any atom is 0.354 e. The first-order valence-corrected chi connectivity index (χ1v) is 6.97. The molecule has 1 fully saturated rings. The topological polar surface area (TPSA) is 94.6 Å². The van der Waals surface area contributed by atoms with Crippen LogP contribution in [0.25, 0.3) is 0 Å². The number of pyridine rings is 1. The molecule has 2 amide bonds. The maximum absolute atomic E-state index is 11.8. The van der Waals surface area contributed by atoms with Crippen LogP contribution >= 0.6 is 0 Å². The second kappa shape index (κ2) is 7.03. The molecule has 7 nitrogen and oxygen atoms in total. The number of nitrogens with one attached hydrogen (secondary N) is 2. The molecule has 2 rings (SSSR count). The second-order valence-electron chi connectivity index (χ2n) is 5.32. The highest BCUT2D eigenvalue weighted by molar-refractivity contribution is 5.90. The van der Waals surface area contributed by atoms with Crippen LogP contribution < -0.4 is 10.6 Å². The normalized spacial score (nSPS) is 16.4. The lowest BCUT2D eigenvalue weighted by Gasteiger charge is -2.28. The van der Waals surface area contributed by atoms with Gasteiger partial charge in [-0.1, -0.05) is 0 Å². The Hall–Kier alpha value is -2.15. The van der Waals surface area contributed by atoms with E-state index in [9.17, 15) is 9.59 Å². The van der Waals surface area contributed by atoms with Crippen molar-refractivity contribution in [2.24, 2.45) is 5.92 Å². The van der Waals surface area contributed by atoms with Gasteiger partial charge in [0.05, 0.1) is 11.9 Å². The number of anilines is 1. The number of aromatic carboxylic acids is 1. The molecule has 0 bridgehead atoms. The van der Waals surface area contributed by atoms with E-state index >= 15 is 0 Å². The van der Waals surface area contributed by atoms with Crippen molar-refractivity contribution in [1.29, 1.82) is 0 Å². The highest BCUT2D eigenvalue weighted by Crippen LogP contribution is 2.14. The summed E-state index contributed by atoms with van der Waals surface area (Å²) >= 11 is 0. The van der Waals surface area contributed by atoms with Crippen molar-refractivity contribution in [1.82, 2.24) is 15.2 Å². The molecule has 0 unspecified atom stereocenters. The van der Waals surface area contributed by atoms with Crippen LogP contribution in [0.5, 0.6) is 0 Å². The zero-order valence-corrected chi connectivity index (χ0v) is 12.0. The first-order valence-electron chi connectivity index (χ1n) is 6.97. The molecule has 1 aromatic heterocycles. The maximum atomic E-state index is 11.8. The van der Waals surface area contributed by atoms with E-state index in [1.165, 1.54) is 18.3 Å². The summed E-state index contributed by atoms with van der Waals surface area (Å²) in [6.07, 6.45) is 3.51. The van der Waals surface area contributed by atoms with E-state index in [2.05, 4.69) is 27.6 Å². The largest absolute Gasteiger partial charge is 0.477 e. The predicted octanol–water partition coefficient (Wildman–Crippen LogP) is 1.24. The number of aromatic nitrogens is 1. The lowest BCUT2D eigenvalue weighted by molar-refractivity contribution is 0.0690. The molecule has 2 heterocycles. The Morgan fingerprint density at radius 2 is 2.10 bits per heavy atom. The van der Waals surface area contributed by atoms with Crippen LogP contribution in [0.4, 0.5) is 10.5 Å². The monoisotopic (exact) mass is 292 g/mol. The van der Waals surface area contributed by atoms with Crippen LogP contribution in [0.2, 0.25) is 0 Å². The number of likely N-dealkylation sites (tertiary alicyclic amines) is 1. The van der Waals surface area contributed by atoms with Crippen LogP contribution in [0.15, 0.2) is 18.3 Å². The van der Waals surface area contributed by atoms with Gasteiger partial charge in [-0.25, -0.2) is 14.6 Å². The van der Waals surface area contributed by atoms with Crippen molar-refractivity contribution in [2.75, 3.05) is 32.0 Å². The molecule has 114 valence electrons. The van der Waals surface area contributed by atoms with Gasteiger partial charge in [-0.05, 0) is 51.0 Å². The van der Waals surface area contributed by atoms with E-state index in [1.54, 1.807) is 0 Å². The zero-order chi connectivity index (χ0) is 15.2. The number of hydrogen-bond donors (Lipinski definition) is 3. The Morgan fingerprint density at radius 1 is 1.38 bits per heavy atom. The SMILES string of the molecule is CN1CCC(CNC(=O)Nc2ccc(C(=O)O)nc2)CC1. The molecular weight excluding hydrogens is 272 g/mol. The second-order valence-corrected chi connectivity index (χ2v) is 5.32. The zero-order valence-electron chi connectivity index (χ0n) is 12.0. The third kappa shape index (κ3) is 4.71. The number of hydrogen-bond acceptors (Lipinski definition) is 4. The smallest absolute Gasteiger partial charge is 0.354 e. The summed E-state index contributed by atoms with van der Waals surface area (Å²) in [6.45, 7) is 2.78. The Balaban J connectivity index is 1.75. The number of carboxylic acid groups (broad SMARTS) is 1. The molecule has 7 heteroatoms. The van der Waals surface area contributed by atoms with E-state index in [0.29, 0.717) is 18.2 Å². The number of carboxylic acids is 1. The van der Waals surface area contributed by atoms with Gasteiger partial charge < -0.3 is 20.6 Å². The summed E-state index contributed by atoms with van der Waals surface area (Å²) in [5.74, 6) is -0.576. The molecule has 21 heavy (non-hydrogen) atoms. The Morgan fingerprint density at radius 3 is 2.67 bits per heavy atom. The fourth-order valence-corrected chi connectivity index (χ4v) is 2.27. The van der Waals surface area contributed by atoms with E-state index in [1.807, 2.05) is 0 Å². The molecule has 0 aliphatic carbocycles. The van der Waals surface area contributed by atoms with E-state index in [4.69, 9.17) is 5.11 Å². The van der Waals surface area contributed by atoms with E-state index in [-0.39, 0.29) is 11.7 Å². The summed E-state index contributed by atoms with van der Waals surface area (Å²) in [7, 11) is 2.10. The summed E-state index contributed by atoms with van der Waals surface area (Å²) in [6, 6.07) is 2.58. The highest BCUT2D eigenvalue weighted by atomic mass is 16.4. The summed E-state index contributed by atoms with van der Waals surface area (Å²) in [5.41, 5.74) is 0.424. The minimum Gasteiger partial charge on any atom is -0.477 e. The summed E-state index contributed by atoms with van der Waals surface area (Å²) in [5, 5.41) is 14.2. The number of carbonyl (C=O) groups is 2. The molecule has 1 aromatic rings. The van der Waals surface area contributed by atoms with Gasteiger partial charge in [-0.2, -0.15) is 0 Å². The fraction of sp³-hybridized carbons (Fsp3) is 0.500. The third-order valence-electron chi connectivity index (χ3n) is 3.63. The van der Waals surface area contributed by atoms with Gasteiger partial charge in [0.1, 0.15) is 5.69 Å². The molecular formula is C14H20N4O3. The number of nitrogens with zero attached hydrogens (tertiary/aromatic N) is 2. The van der Waals surface area contributed by atoms with Crippen molar-refractivity contribution in [2.45, 2.75) is 12.8 Å². The number of piperidine rings is 1. The average molecular weight is 292 g/mol. The third-order valence-corrected chi connectivity index (χ3v) is 3.63. The fourth-order valence-electron chi connectivity index (χ4n) is 2.27. The summed E-state index contributed by atoms with van der Waals surface area (Å²) in [4.78, 5) is 28.5. The lowest BCUT2D eigenvalue weighted by Crippen LogP contribution is -2.38. The van der Waals surface area contributed by atoms with Gasteiger partial charge in [0.2, 0.25) is 0 Å². The van der Waals surface area contributed by atoms with E-state index < -0.39 is 5.97 Å². The number of urea groups is 1. The molecule has 0 aromatic carbocycles. The predicted molar refractivity (Wildman–Crippen MR) is 78.4 cm³/mol. The molecule has 1 saturated heterocycles. The van der Waals surface area contributed by atoms with Crippen LogP contribution in [0, 0.1) is 5.92 Å². The molecule has 0 saturated carbocycles. The number of carbonyl (C=O) groups excluding carboxylic acids is 1.